The molecule has 2 fully saturated rings. The molecule has 53 heavy (non-hydrogen) atoms. The average molecular weight is 770 g/mol. The highest BCUT2D eigenvalue weighted by Gasteiger charge is 2.52. The van der Waals surface area contributed by atoms with Crippen molar-refractivity contribution in [3.63, 3.8) is 0 Å². The predicted octanol–water partition coefficient (Wildman–Crippen LogP) is 3.80. The first-order valence-corrected chi connectivity index (χ1v) is 20.5. The van der Waals surface area contributed by atoms with E-state index in [1.807, 2.05) is 21.6 Å². The first kappa shape index (κ1) is 39.1. The van der Waals surface area contributed by atoms with Gasteiger partial charge in [-0.05, 0) is 67.9 Å². The summed E-state index contributed by atoms with van der Waals surface area (Å²) in [7, 11) is -3.39. The zero-order valence-electron chi connectivity index (χ0n) is 30.0. The molecule has 286 valence electrons. The number of rotatable bonds is 21. The van der Waals surface area contributed by atoms with Crippen molar-refractivity contribution in [1.29, 1.82) is 0 Å². The van der Waals surface area contributed by atoms with Crippen molar-refractivity contribution in [2.75, 3.05) is 82.4 Å². The normalized spacial score (nSPS) is 16.8. The van der Waals surface area contributed by atoms with Crippen LogP contribution in [0.3, 0.4) is 0 Å². The summed E-state index contributed by atoms with van der Waals surface area (Å²) in [5.41, 5.74) is 2.43. The number of halogens is 1. The number of nitrogens with zero attached hydrogens (tertiary/aromatic N) is 5. The van der Waals surface area contributed by atoms with Crippen LogP contribution in [-0.4, -0.2) is 117 Å². The maximum absolute atomic E-state index is 14.4. The molecule has 4 heterocycles. The number of imidazole rings is 1. The van der Waals surface area contributed by atoms with Crippen LogP contribution >= 0.6 is 11.6 Å². The first-order valence-electron chi connectivity index (χ1n) is 18.3. The lowest BCUT2D eigenvalue weighted by molar-refractivity contribution is -0.136. The van der Waals surface area contributed by atoms with Gasteiger partial charge in [0.15, 0.2) is 9.84 Å². The van der Waals surface area contributed by atoms with Gasteiger partial charge in [-0.1, -0.05) is 17.5 Å². The molecule has 0 radical (unpaired) electrons. The Balaban J connectivity index is 1.02. The topological polar surface area (TPSA) is 142 Å². The van der Waals surface area contributed by atoms with Crippen molar-refractivity contribution in [2.24, 2.45) is 5.92 Å². The fourth-order valence-electron chi connectivity index (χ4n) is 7.15. The largest absolute Gasteiger partial charge is 0.378 e. The van der Waals surface area contributed by atoms with Gasteiger partial charge in [0, 0.05) is 37.3 Å². The minimum atomic E-state index is -3.39. The molecule has 15 heteroatoms. The summed E-state index contributed by atoms with van der Waals surface area (Å²) in [4.78, 5) is 40.2. The Morgan fingerprint density at radius 3 is 2.38 bits per heavy atom. The number of carbonyl (C=O) groups excluding carboxylic acids is 2. The molecule has 13 nitrogen and oxygen atoms in total. The van der Waals surface area contributed by atoms with Crippen LogP contribution in [0.2, 0.25) is 5.02 Å². The molecule has 6 rings (SSSR count). The van der Waals surface area contributed by atoms with Gasteiger partial charge in [-0.2, -0.15) is 0 Å². The predicted molar refractivity (Wildman–Crippen MR) is 200 cm³/mol. The van der Waals surface area contributed by atoms with E-state index in [4.69, 9.17) is 42.0 Å². The second-order valence-corrected chi connectivity index (χ2v) is 16.5. The summed E-state index contributed by atoms with van der Waals surface area (Å²) in [5, 5.41) is 0.533. The van der Waals surface area contributed by atoms with Gasteiger partial charge in [-0.25, -0.2) is 13.4 Å². The minimum Gasteiger partial charge on any atom is -0.378 e. The lowest BCUT2D eigenvalue weighted by Crippen LogP contribution is -2.50. The summed E-state index contributed by atoms with van der Waals surface area (Å²) in [6.45, 7) is 4.25. The number of pyridine rings is 1. The minimum absolute atomic E-state index is 0.0187. The van der Waals surface area contributed by atoms with Crippen LogP contribution in [0.25, 0.3) is 11.0 Å². The number of benzene rings is 1. The highest BCUT2D eigenvalue weighted by atomic mass is 35.5. The zero-order valence-corrected chi connectivity index (χ0v) is 31.6. The van der Waals surface area contributed by atoms with Crippen molar-refractivity contribution in [1.82, 2.24) is 19.4 Å². The van der Waals surface area contributed by atoms with Crippen LogP contribution in [0.4, 0.5) is 5.69 Å². The number of carbonyl (C=O) groups is 2. The quantitative estimate of drug-likeness (QED) is 0.116. The van der Waals surface area contributed by atoms with E-state index in [1.54, 1.807) is 29.4 Å². The number of hydrogen-bond donors (Lipinski definition) is 0. The lowest BCUT2D eigenvalue weighted by Gasteiger charge is -2.38. The molecule has 1 aromatic carbocycles. The van der Waals surface area contributed by atoms with Crippen molar-refractivity contribution in [2.45, 2.75) is 57.0 Å². The van der Waals surface area contributed by atoms with Gasteiger partial charge >= 0.3 is 0 Å². The third-order valence-electron chi connectivity index (χ3n) is 10.2. The number of aryl methyl sites for hydroxylation is 1. The number of fused-ring (bicyclic) bond motifs is 3. The summed E-state index contributed by atoms with van der Waals surface area (Å²) in [5.74, 6) is 3.57. The van der Waals surface area contributed by atoms with E-state index in [0.717, 1.165) is 29.6 Å². The smallest absolute Gasteiger partial charge is 0.238 e. The van der Waals surface area contributed by atoms with Crippen molar-refractivity contribution >= 4 is 50.0 Å². The third kappa shape index (κ3) is 9.95. The van der Waals surface area contributed by atoms with E-state index in [-0.39, 0.29) is 49.7 Å². The van der Waals surface area contributed by atoms with Crippen LogP contribution in [0, 0.1) is 18.3 Å². The first-order chi connectivity index (χ1) is 25.7. The van der Waals surface area contributed by atoms with Gasteiger partial charge in [-0.3, -0.25) is 14.6 Å². The highest BCUT2D eigenvalue weighted by molar-refractivity contribution is 7.91. The monoisotopic (exact) mass is 769 g/mol. The Morgan fingerprint density at radius 1 is 0.981 bits per heavy atom. The molecule has 2 aromatic heterocycles. The Bertz CT molecular complexity index is 1880. The molecule has 3 aliphatic rings. The number of aromatic nitrogens is 3. The molecule has 1 saturated heterocycles. The molecule has 2 aliphatic heterocycles. The molecule has 1 spiro atoms. The average Bonchev–Trinajstić information content (AvgIpc) is 3.87. The number of likely N-dealkylation sites (tertiary alicyclic amines) is 1. The zero-order chi connectivity index (χ0) is 37.3. The Hall–Kier alpha value is -3.58. The number of terminal acetylenes is 1. The van der Waals surface area contributed by atoms with Gasteiger partial charge < -0.3 is 33.3 Å². The summed E-state index contributed by atoms with van der Waals surface area (Å²) in [6, 6.07) is 7.35. The number of piperidine rings is 1. The Labute approximate surface area is 316 Å². The molecule has 0 bridgehead atoms. The fraction of sp³-hybridized carbons (Fsp3) is 0.579. The number of anilines is 1. The van der Waals surface area contributed by atoms with E-state index in [0.29, 0.717) is 101 Å². The number of sulfone groups is 1. The van der Waals surface area contributed by atoms with Crippen LogP contribution in [0.1, 0.15) is 49.9 Å². The number of ether oxygens (including phenoxy) is 4. The lowest BCUT2D eigenvalue weighted by atomic mass is 9.74. The fourth-order valence-corrected chi connectivity index (χ4v) is 8.46. The van der Waals surface area contributed by atoms with E-state index in [9.17, 15) is 18.0 Å². The molecule has 2 amide bonds. The molecule has 0 N–H and O–H groups in total. The summed E-state index contributed by atoms with van der Waals surface area (Å²) < 4.78 is 49.3. The molecular weight excluding hydrogens is 722 g/mol. The second-order valence-electron chi connectivity index (χ2n) is 13.8. The van der Waals surface area contributed by atoms with Crippen LogP contribution < -0.4 is 4.90 Å². The van der Waals surface area contributed by atoms with E-state index in [2.05, 4.69) is 10.9 Å². The molecule has 1 saturated carbocycles. The number of hydrogen-bond acceptors (Lipinski definition) is 10. The second kappa shape index (κ2) is 18.2. The van der Waals surface area contributed by atoms with Crippen LogP contribution in [0.15, 0.2) is 36.7 Å². The van der Waals surface area contributed by atoms with E-state index < -0.39 is 15.3 Å². The molecule has 0 atom stereocenters. The molecule has 3 aromatic rings. The molecular formula is C38H48ClN5O8S. The Morgan fingerprint density at radius 2 is 1.68 bits per heavy atom. The summed E-state index contributed by atoms with van der Waals surface area (Å²) in [6.07, 6.45) is 12.9. The van der Waals surface area contributed by atoms with Gasteiger partial charge in [0.05, 0.1) is 92.6 Å². The molecule has 1 aliphatic carbocycles. The van der Waals surface area contributed by atoms with Crippen LogP contribution in [-0.2, 0) is 56.9 Å². The van der Waals surface area contributed by atoms with Gasteiger partial charge in [0.25, 0.3) is 0 Å². The highest BCUT2D eigenvalue weighted by Crippen LogP contribution is 2.48. The van der Waals surface area contributed by atoms with Crippen molar-refractivity contribution in [3.05, 3.63) is 53.1 Å². The van der Waals surface area contributed by atoms with Gasteiger partial charge in [0.1, 0.15) is 12.4 Å². The standard InChI is InChI=1S/C38H48ClN5O8S/c1-2-15-49-16-17-50-18-19-51-20-21-52-22-24-53(47,48)23-3-12-43-33-7-6-30(39)26-32(33)41-35(43)28-44-34-27-40-11-8-31(34)38(37(44)46)9-13-42(14-10-38)36(45)25-29-4-5-29/h1,6-8,11,26-27,29H,3-5,9-10,12-25,28H2. The van der Waals surface area contributed by atoms with Gasteiger partial charge in [0.2, 0.25) is 11.8 Å². The van der Waals surface area contributed by atoms with Crippen LogP contribution in [0.5, 0.6) is 0 Å². The van der Waals surface area contributed by atoms with E-state index in [1.165, 1.54) is 0 Å². The number of amides is 2. The third-order valence-corrected chi connectivity index (χ3v) is 12.1. The SMILES string of the molecule is C#CCOCCOCCOCCOCCS(=O)(=O)CCCn1c(CN2C(=O)C3(CCN(C(=O)CC4CC4)CC3)c3ccncc32)nc2cc(Cl)ccc21. The maximum Gasteiger partial charge on any atom is 0.238 e. The van der Waals surface area contributed by atoms with Crippen molar-refractivity contribution in [3.8, 4) is 12.3 Å². The maximum atomic E-state index is 14.4. The molecule has 0 unspecified atom stereocenters. The van der Waals surface area contributed by atoms with Crippen molar-refractivity contribution < 1.29 is 37.0 Å². The summed E-state index contributed by atoms with van der Waals surface area (Å²) >= 11 is 6.33. The van der Waals surface area contributed by atoms with Gasteiger partial charge in [-0.15, -0.1) is 6.42 Å². The Kier molecular flexibility index (Phi) is 13.4. The van der Waals surface area contributed by atoms with E-state index >= 15 is 0 Å².